The fourth-order valence-electron chi connectivity index (χ4n) is 2.74. The van der Waals surface area contributed by atoms with E-state index in [0.717, 1.165) is 33.1 Å². The van der Waals surface area contributed by atoms with E-state index in [4.69, 9.17) is 10.2 Å². The van der Waals surface area contributed by atoms with Crippen molar-refractivity contribution >= 4 is 27.8 Å². The van der Waals surface area contributed by atoms with Gasteiger partial charge in [-0.1, -0.05) is 54.6 Å². The minimum absolute atomic E-state index is 0.524. The van der Waals surface area contributed by atoms with Crippen LogP contribution in [0.3, 0.4) is 0 Å². The van der Waals surface area contributed by atoms with Crippen molar-refractivity contribution in [1.82, 2.24) is 0 Å². The third kappa shape index (κ3) is 2.57. The summed E-state index contributed by atoms with van der Waals surface area (Å²) >= 11 is 0. The lowest BCUT2D eigenvalue weighted by Gasteiger charge is -2.02. The van der Waals surface area contributed by atoms with Crippen LogP contribution < -0.4 is 5.73 Å². The van der Waals surface area contributed by atoms with Crippen molar-refractivity contribution in [3.05, 3.63) is 83.9 Å². The maximum absolute atomic E-state index is 6.14. The molecule has 3 nitrogen and oxygen atoms in total. The maximum Gasteiger partial charge on any atom is 0.136 e. The van der Waals surface area contributed by atoms with Gasteiger partial charge in [-0.2, -0.15) is 0 Å². The second kappa shape index (κ2) is 5.61. The van der Waals surface area contributed by atoms with Gasteiger partial charge in [0, 0.05) is 16.3 Å². The third-order valence-corrected chi connectivity index (χ3v) is 3.95. The minimum atomic E-state index is 0.524. The van der Waals surface area contributed by atoms with Crippen molar-refractivity contribution in [1.29, 1.82) is 0 Å². The highest BCUT2D eigenvalue weighted by Gasteiger charge is 2.08. The lowest BCUT2D eigenvalue weighted by molar-refractivity contribution is 0.669. The number of fused-ring (bicyclic) bond motifs is 3. The first-order chi connectivity index (χ1) is 11.3. The smallest absolute Gasteiger partial charge is 0.136 e. The first-order valence-electron chi connectivity index (χ1n) is 7.57. The molecule has 4 rings (SSSR count). The third-order valence-electron chi connectivity index (χ3n) is 3.95. The number of para-hydroxylation sites is 1. The van der Waals surface area contributed by atoms with Gasteiger partial charge in [0.15, 0.2) is 0 Å². The zero-order chi connectivity index (χ0) is 15.6. The van der Waals surface area contributed by atoms with Gasteiger partial charge in [-0.3, -0.25) is 4.99 Å². The largest absolute Gasteiger partial charge is 0.456 e. The Labute approximate surface area is 134 Å². The summed E-state index contributed by atoms with van der Waals surface area (Å²) in [5.74, 6) is 0.524. The summed E-state index contributed by atoms with van der Waals surface area (Å²) in [6, 6.07) is 24.1. The summed E-state index contributed by atoms with van der Waals surface area (Å²) in [5, 5.41) is 2.22. The molecule has 0 atom stereocenters. The van der Waals surface area contributed by atoms with E-state index in [2.05, 4.69) is 11.1 Å². The van der Waals surface area contributed by atoms with E-state index in [1.165, 1.54) is 0 Å². The molecule has 0 aliphatic carbocycles. The van der Waals surface area contributed by atoms with Crippen LogP contribution >= 0.6 is 0 Å². The van der Waals surface area contributed by atoms with Gasteiger partial charge in [0.25, 0.3) is 0 Å². The molecule has 112 valence electrons. The van der Waals surface area contributed by atoms with Gasteiger partial charge < -0.3 is 10.2 Å². The quantitative estimate of drug-likeness (QED) is 0.447. The molecule has 0 amide bonds. The molecule has 2 N–H and O–H groups in total. The Morgan fingerprint density at radius 1 is 0.826 bits per heavy atom. The molecule has 0 unspecified atom stereocenters. The van der Waals surface area contributed by atoms with E-state index in [1.54, 1.807) is 0 Å². The molecule has 0 aliphatic heterocycles. The fourth-order valence-corrected chi connectivity index (χ4v) is 2.74. The van der Waals surface area contributed by atoms with Gasteiger partial charge in [-0.05, 0) is 23.8 Å². The molecule has 23 heavy (non-hydrogen) atoms. The number of aliphatic imine (C=N–C) groups is 1. The first-order valence-corrected chi connectivity index (χ1v) is 7.57. The van der Waals surface area contributed by atoms with Crippen LogP contribution in [0.15, 0.2) is 82.2 Å². The molecule has 1 aromatic heterocycles. The molecule has 0 saturated heterocycles. The van der Waals surface area contributed by atoms with E-state index in [0.29, 0.717) is 12.4 Å². The van der Waals surface area contributed by atoms with Gasteiger partial charge in [-0.25, -0.2) is 0 Å². The predicted octanol–water partition coefficient (Wildman–Crippen LogP) is 4.49. The van der Waals surface area contributed by atoms with E-state index in [9.17, 15) is 0 Å². The number of amidine groups is 1. The van der Waals surface area contributed by atoms with Crippen LogP contribution in [0, 0.1) is 0 Å². The minimum Gasteiger partial charge on any atom is -0.456 e. The van der Waals surface area contributed by atoms with E-state index >= 15 is 0 Å². The number of nitrogens with two attached hydrogens (primary N) is 1. The average molecular weight is 300 g/mol. The molecule has 0 aliphatic rings. The summed E-state index contributed by atoms with van der Waals surface area (Å²) in [6.45, 7) is 0.574. The molecule has 4 aromatic rings. The number of rotatable bonds is 3. The van der Waals surface area contributed by atoms with Crippen LogP contribution in [0.2, 0.25) is 0 Å². The zero-order valence-electron chi connectivity index (χ0n) is 12.6. The molecule has 0 radical (unpaired) electrons. The standard InChI is InChI=1S/C20H16N2O/c21-20(22-13-14-6-2-1-3-7-14)15-10-11-17-16-8-4-5-9-18(16)23-19(17)12-15/h1-12H,13H2,(H2,21,22). The van der Waals surface area contributed by atoms with E-state index in [-0.39, 0.29) is 0 Å². The molecular formula is C20H16N2O. The number of nitrogens with zero attached hydrogens (tertiary/aromatic N) is 1. The van der Waals surface area contributed by atoms with Crippen molar-refractivity contribution in [2.75, 3.05) is 0 Å². The summed E-state index contributed by atoms with van der Waals surface area (Å²) in [7, 11) is 0. The Balaban J connectivity index is 1.69. The van der Waals surface area contributed by atoms with Crippen molar-refractivity contribution < 1.29 is 4.42 Å². The maximum atomic E-state index is 6.14. The van der Waals surface area contributed by atoms with Crippen LogP contribution in [0.5, 0.6) is 0 Å². The van der Waals surface area contributed by atoms with Gasteiger partial charge in [0.1, 0.15) is 17.0 Å². The molecule has 1 heterocycles. The predicted molar refractivity (Wildman–Crippen MR) is 94.6 cm³/mol. The topological polar surface area (TPSA) is 51.5 Å². The molecule has 0 saturated carbocycles. The van der Waals surface area contributed by atoms with Crippen LogP contribution in [0.4, 0.5) is 0 Å². The van der Waals surface area contributed by atoms with Gasteiger partial charge in [0.05, 0.1) is 6.54 Å². The Bertz CT molecular complexity index is 1000. The highest BCUT2D eigenvalue weighted by molar-refractivity contribution is 6.08. The molecular weight excluding hydrogens is 284 g/mol. The van der Waals surface area contributed by atoms with Crippen molar-refractivity contribution in [3.8, 4) is 0 Å². The average Bonchev–Trinajstić information content (AvgIpc) is 2.98. The molecule has 0 spiro atoms. The summed E-state index contributed by atoms with van der Waals surface area (Å²) in [4.78, 5) is 4.48. The van der Waals surface area contributed by atoms with Crippen LogP contribution in [-0.2, 0) is 6.54 Å². The van der Waals surface area contributed by atoms with Crippen molar-refractivity contribution in [3.63, 3.8) is 0 Å². The molecule has 3 heteroatoms. The van der Waals surface area contributed by atoms with Crippen LogP contribution in [0.25, 0.3) is 21.9 Å². The monoisotopic (exact) mass is 300 g/mol. The number of benzene rings is 3. The Kier molecular flexibility index (Phi) is 3.31. The first kappa shape index (κ1) is 13.6. The van der Waals surface area contributed by atoms with E-state index < -0.39 is 0 Å². The number of furan rings is 1. The summed E-state index contributed by atoms with van der Waals surface area (Å²) in [6.07, 6.45) is 0. The van der Waals surface area contributed by atoms with Gasteiger partial charge in [-0.15, -0.1) is 0 Å². The SMILES string of the molecule is NC(=NCc1ccccc1)c1ccc2c(c1)oc1ccccc12. The number of hydrogen-bond donors (Lipinski definition) is 1. The molecule has 3 aromatic carbocycles. The van der Waals surface area contributed by atoms with Crippen molar-refractivity contribution in [2.24, 2.45) is 10.7 Å². The molecule has 0 fully saturated rings. The van der Waals surface area contributed by atoms with Crippen LogP contribution in [0.1, 0.15) is 11.1 Å². The second-order valence-electron chi connectivity index (χ2n) is 5.50. The normalized spacial score (nSPS) is 12.1. The van der Waals surface area contributed by atoms with E-state index in [1.807, 2.05) is 66.7 Å². The summed E-state index contributed by atoms with van der Waals surface area (Å²) < 4.78 is 5.90. The highest BCUT2D eigenvalue weighted by Crippen LogP contribution is 2.28. The Hall–Kier alpha value is -3.07. The zero-order valence-corrected chi connectivity index (χ0v) is 12.6. The van der Waals surface area contributed by atoms with Gasteiger partial charge in [0.2, 0.25) is 0 Å². The Morgan fingerprint density at radius 2 is 1.57 bits per heavy atom. The van der Waals surface area contributed by atoms with Crippen LogP contribution in [-0.4, -0.2) is 5.84 Å². The Morgan fingerprint density at radius 3 is 2.43 bits per heavy atom. The van der Waals surface area contributed by atoms with Gasteiger partial charge >= 0.3 is 0 Å². The second-order valence-corrected chi connectivity index (χ2v) is 5.50. The highest BCUT2D eigenvalue weighted by atomic mass is 16.3. The lowest BCUT2D eigenvalue weighted by atomic mass is 10.1. The fraction of sp³-hybridized carbons (Fsp3) is 0.0500. The van der Waals surface area contributed by atoms with Crippen molar-refractivity contribution in [2.45, 2.75) is 6.54 Å². The lowest BCUT2D eigenvalue weighted by Crippen LogP contribution is -2.13. The number of hydrogen-bond acceptors (Lipinski definition) is 2. The summed E-state index contributed by atoms with van der Waals surface area (Å²) in [5.41, 5.74) is 9.88. The molecule has 0 bridgehead atoms.